The monoisotopic (exact) mass is 266 g/mol. The molecule has 106 valence electrons. The van der Waals surface area contributed by atoms with Gasteiger partial charge in [0.1, 0.15) is 5.82 Å². The first-order chi connectivity index (χ1) is 9.11. The van der Waals surface area contributed by atoms with Crippen LogP contribution in [0.25, 0.3) is 0 Å². The Kier molecular flexibility index (Phi) is 4.77. The molecule has 1 aromatic rings. The predicted octanol–water partition coefficient (Wildman–Crippen LogP) is 2.28. The zero-order chi connectivity index (χ0) is 13.8. The topological polar surface area (TPSA) is 35.5 Å². The summed E-state index contributed by atoms with van der Waals surface area (Å²) in [5.74, 6) is -0.211. The Balaban J connectivity index is 2.07. The lowest BCUT2D eigenvalue weighted by Crippen LogP contribution is -2.34. The van der Waals surface area contributed by atoms with Gasteiger partial charge in [-0.05, 0) is 44.4 Å². The number of benzene rings is 1. The molecule has 1 aromatic carbocycles. The van der Waals surface area contributed by atoms with Gasteiger partial charge in [0.15, 0.2) is 0 Å². The van der Waals surface area contributed by atoms with E-state index in [1.54, 1.807) is 6.07 Å². The summed E-state index contributed by atoms with van der Waals surface area (Å²) in [7, 11) is 0. The highest BCUT2D eigenvalue weighted by atomic mass is 19.1. The minimum atomic E-state index is -0.211. The van der Waals surface area contributed by atoms with Crippen LogP contribution >= 0.6 is 0 Å². The van der Waals surface area contributed by atoms with Crippen LogP contribution in [0.4, 0.5) is 10.1 Å². The highest BCUT2D eigenvalue weighted by Gasteiger charge is 2.20. The van der Waals surface area contributed by atoms with E-state index in [9.17, 15) is 4.39 Å². The second-order valence-corrected chi connectivity index (χ2v) is 5.45. The van der Waals surface area contributed by atoms with Crippen LogP contribution in [0.3, 0.4) is 0 Å². The number of anilines is 1. The van der Waals surface area contributed by atoms with Crippen LogP contribution in [0.1, 0.15) is 32.3 Å². The van der Waals surface area contributed by atoms with Gasteiger partial charge < -0.3 is 15.3 Å². The molecule has 0 radical (unpaired) electrons. The number of hydrogen-bond acceptors (Lipinski definition) is 3. The van der Waals surface area contributed by atoms with Crippen molar-refractivity contribution in [1.29, 1.82) is 0 Å². The molecular weight excluding hydrogens is 243 g/mol. The Bertz CT molecular complexity index is 419. The summed E-state index contributed by atoms with van der Waals surface area (Å²) in [5, 5.41) is 12.4. The van der Waals surface area contributed by atoms with Crippen molar-refractivity contribution in [2.24, 2.45) is 0 Å². The second-order valence-electron chi connectivity index (χ2n) is 5.45. The maximum Gasteiger partial charge on any atom is 0.146 e. The van der Waals surface area contributed by atoms with Crippen LogP contribution in [-0.2, 0) is 6.54 Å². The van der Waals surface area contributed by atoms with E-state index >= 15 is 0 Å². The summed E-state index contributed by atoms with van der Waals surface area (Å²) >= 11 is 0. The van der Waals surface area contributed by atoms with Crippen LogP contribution in [0.2, 0.25) is 0 Å². The third-order valence-electron chi connectivity index (χ3n) is 3.46. The Morgan fingerprint density at radius 1 is 1.42 bits per heavy atom. The molecule has 1 aliphatic rings. The van der Waals surface area contributed by atoms with E-state index in [1.165, 1.54) is 12.8 Å². The van der Waals surface area contributed by atoms with Crippen molar-refractivity contribution in [3.63, 3.8) is 0 Å². The molecule has 0 spiro atoms. The van der Waals surface area contributed by atoms with Gasteiger partial charge in [0.25, 0.3) is 0 Å². The molecule has 0 bridgehead atoms. The lowest BCUT2D eigenvalue weighted by Gasteiger charge is -2.28. The minimum absolute atomic E-state index is 0.0304. The Morgan fingerprint density at radius 3 is 2.68 bits per heavy atom. The Hall–Kier alpha value is -1.13. The van der Waals surface area contributed by atoms with Crippen molar-refractivity contribution in [3.05, 3.63) is 29.6 Å². The normalized spacial score (nSPS) is 15.0. The summed E-state index contributed by atoms with van der Waals surface area (Å²) in [5.41, 5.74) is 1.54. The van der Waals surface area contributed by atoms with Gasteiger partial charge in [-0.15, -0.1) is 0 Å². The average molecular weight is 266 g/mol. The molecule has 0 unspecified atom stereocenters. The van der Waals surface area contributed by atoms with Crippen LogP contribution in [0.5, 0.6) is 0 Å². The van der Waals surface area contributed by atoms with Gasteiger partial charge in [0.2, 0.25) is 0 Å². The Labute approximate surface area is 114 Å². The number of nitrogens with zero attached hydrogens (tertiary/aromatic N) is 1. The van der Waals surface area contributed by atoms with Gasteiger partial charge in [-0.25, -0.2) is 4.39 Å². The second kappa shape index (κ2) is 6.35. The molecule has 0 atom stereocenters. The maximum absolute atomic E-state index is 14.2. The molecule has 3 nitrogen and oxygen atoms in total. The predicted molar refractivity (Wildman–Crippen MR) is 75.8 cm³/mol. The third-order valence-corrected chi connectivity index (χ3v) is 3.46. The maximum atomic E-state index is 14.2. The van der Waals surface area contributed by atoms with E-state index in [4.69, 9.17) is 5.11 Å². The molecule has 0 amide bonds. The summed E-state index contributed by atoms with van der Waals surface area (Å²) in [4.78, 5) is 1.88. The molecular formula is C15H23FN2O. The lowest BCUT2D eigenvalue weighted by atomic mass is 10.1. The first kappa shape index (κ1) is 14.3. The van der Waals surface area contributed by atoms with Crippen molar-refractivity contribution in [3.8, 4) is 0 Å². The van der Waals surface area contributed by atoms with Crippen LogP contribution in [0, 0.1) is 5.82 Å². The number of rotatable bonds is 7. The number of aliphatic hydroxyl groups is 1. The smallest absolute Gasteiger partial charge is 0.146 e. The summed E-state index contributed by atoms with van der Waals surface area (Å²) in [6, 6.07) is 6.16. The van der Waals surface area contributed by atoms with Crippen molar-refractivity contribution in [2.45, 2.75) is 45.3 Å². The van der Waals surface area contributed by atoms with Crippen molar-refractivity contribution < 1.29 is 9.50 Å². The molecule has 19 heavy (non-hydrogen) atoms. The third kappa shape index (κ3) is 3.91. The molecule has 0 heterocycles. The van der Waals surface area contributed by atoms with Gasteiger partial charge >= 0.3 is 0 Å². The number of aliphatic hydroxyl groups excluding tert-OH is 1. The molecule has 2 N–H and O–H groups in total. The molecule has 0 aromatic heterocycles. The van der Waals surface area contributed by atoms with Crippen LogP contribution < -0.4 is 10.2 Å². The molecule has 4 heteroatoms. The zero-order valence-electron chi connectivity index (χ0n) is 11.7. The van der Waals surface area contributed by atoms with E-state index in [2.05, 4.69) is 5.32 Å². The summed E-state index contributed by atoms with van der Waals surface area (Å²) < 4.78 is 14.2. The average Bonchev–Trinajstić information content (AvgIpc) is 3.18. The minimum Gasteiger partial charge on any atom is -0.395 e. The van der Waals surface area contributed by atoms with E-state index in [0.717, 1.165) is 12.1 Å². The fourth-order valence-corrected chi connectivity index (χ4v) is 2.21. The molecule has 0 saturated heterocycles. The lowest BCUT2D eigenvalue weighted by molar-refractivity contribution is 0.298. The van der Waals surface area contributed by atoms with Crippen LogP contribution in [0.15, 0.2) is 18.2 Å². The fraction of sp³-hybridized carbons (Fsp3) is 0.600. The van der Waals surface area contributed by atoms with Crippen molar-refractivity contribution in [2.75, 3.05) is 18.1 Å². The molecule has 1 aliphatic carbocycles. The molecule has 1 fully saturated rings. The van der Waals surface area contributed by atoms with Crippen molar-refractivity contribution >= 4 is 5.69 Å². The van der Waals surface area contributed by atoms with Gasteiger partial charge in [-0.1, -0.05) is 6.07 Å². The van der Waals surface area contributed by atoms with E-state index in [-0.39, 0.29) is 18.5 Å². The molecule has 0 aliphatic heterocycles. The number of hydrogen-bond donors (Lipinski definition) is 2. The molecule has 1 saturated carbocycles. The standard InChI is InChI=1S/C15H23FN2O/c1-11(2)18(7-8-19)15-6-3-12(9-14(15)16)10-17-13-4-5-13/h3,6,9,11,13,17,19H,4-5,7-8,10H2,1-2H3. The fourth-order valence-electron chi connectivity index (χ4n) is 2.21. The summed E-state index contributed by atoms with van der Waals surface area (Å²) in [6.07, 6.45) is 2.47. The van der Waals surface area contributed by atoms with Crippen molar-refractivity contribution in [1.82, 2.24) is 5.32 Å². The SMILES string of the molecule is CC(C)N(CCO)c1ccc(CNC2CC2)cc1F. The first-order valence-electron chi connectivity index (χ1n) is 7.01. The Morgan fingerprint density at radius 2 is 2.16 bits per heavy atom. The van der Waals surface area contributed by atoms with E-state index in [0.29, 0.717) is 18.3 Å². The first-order valence-corrected chi connectivity index (χ1v) is 7.01. The number of halogens is 1. The van der Waals surface area contributed by atoms with Gasteiger partial charge in [-0.3, -0.25) is 0 Å². The van der Waals surface area contributed by atoms with Gasteiger partial charge in [0.05, 0.1) is 12.3 Å². The van der Waals surface area contributed by atoms with Gasteiger partial charge in [0, 0.05) is 25.2 Å². The van der Waals surface area contributed by atoms with Crippen LogP contribution in [-0.4, -0.2) is 30.3 Å². The zero-order valence-corrected chi connectivity index (χ0v) is 11.7. The summed E-state index contributed by atoms with van der Waals surface area (Å²) in [6.45, 7) is 5.20. The highest BCUT2D eigenvalue weighted by Crippen LogP contribution is 2.23. The highest BCUT2D eigenvalue weighted by molar-refractivity contribution is 5.50. The number of nitrogens with one attached hydrogen (secondary N) is 1. The van der Waals surface area contributed by atoms with E-state index in [1.807, 2.05) is 30.9 Å². The molecule has 2 rings (SSSR count). The van der Waals surface area contributed by atoms with E-state index < -0.39 is 0 Å². The van der Waals surface area contributed by atoms with Gasteiger partial charge in [-0.2, -0.15) is 0 Å². The quantitative estimate of drug-likeness (QED) is 0.795. The largest absolute Gasteiger partial charge is 0.395 e.